The van der Waals surface area contributed by atoms with E-state index in [9.17, 15) is 28.8 Å². The lowest BCUT2D eigenvalue weighted by Gasteiger charge is -2.19. The fourth-order valence-electron chi connectivity index (χ4n) is 5.68. The maximum atomic E-state index is 14.1. The van der Waals surface area contributed by atoms with E-state index < -0.39 is 53.7 Å². The molecule has 4 amide bonds. The topological polar surface area (TPSA) is 233 Å². The first-order valence-electron chi connectivity index (χ1n) is 20.4. The highest BCUT2D eigenvalue weighted by Crippen LogP contribution is 2.35. The smallest absolute Gasteiger partial charge is 0.412 e. The van der Waals surface area contributed by atoms with Crippen LogP contribution >= 0.6 is 0 Å². The van der Waals surface area contributed by atoms with E-state index in [1.807, 2.05) is 0 Å². The van der Waals surface area contributed by atoms with Gasteiger partial charge in [-0.2, -0.15) is 0 Å². The van der Waals surface area contributed by atoms with Crippen molar-refractivity contribution < 1.29 is 52.5 Å². The molecule has 1 aromatic heterocycles. The molecule has 5 N–H and O–H groups in total. The lowest BCUT2D eigenvalue weighted by Crippen LogP contribution is -2.33. The number of hydrogen-bond donors (Lipinski definition) is 5. The number of unbranched alkanes of at least 4 members (excludes halogenated alkanes) is 2. The van der Waals surface area contributed by atoms with Crippen LogP contribution in [0.15, 0.2) is 55.1 Å². The highest BCUT2D eigenvalue weighted by Gasteiger charge is 2.28. The molecule has 62 heavy (non-hydrogen) atoms. The second kappa shape index (κ2) is 22.2. The van der Waals surface area contributed by atoms with Crippen LogP contribution in [-0.2, 0) is 23.7 Å². The van der Waals surface area contributed by atoms with E-state index in [-0.39, 0.29) is 40.5 Å². The summed E-state index contributed by atoms with van der Waals surface area (Å²) in [4.78, 5) is 81.7. The third kappa shape index (κ3) is 14.7. The van der Waals surface area contributed by atoms with Crippen LogP contribution in [0.1, 0.15) is 116 Å². The van der Waals surface area contributed by atoms with Crippen molar-refractivity contribution in [3.63, 3.8) is 0 Å². The Morgan fingerprint density at radius 2 is 1.60 bits per heavy atom. The van der Waals surface area contributed by atoms with E-state index >= 15 is 0 Å². The van der Waals surface area contributed by atoms with Gasteiger partial charge in [0, 0.05) is 53.5 Å². The summed E-state index contributed by atoms with van der Waals surface area (Å²) >= 11 is 0. The maximum absolute atomic E-state index is 14.1. The molecule has 3 aromatic rings. The molecule has 1 unspecified atom stereocenters. The Balaban J connectivity index is 1.48. The van der Waals surface area contributed by atoms with E-state index in [1.54, 1.807) is 34.6 Å². The van der Waals surface area contributed by atoms with Crippen LogP contribution in [0.4, 0.5) is 15.3 Å². The van der Waals surface area contributed by atoms with Gasteiger partial charge in [-0.05, 0) is 107 Å². The van der Waals surface area contributed by atoms with Gasteiger partial charge >= 0.3 is 24.1 Å². The van der Waals surface area contributed by atoms with E-state index in [0.29, 0.717) is 60.8 Å². The van der Waals surface area contributed by atoms with Crippen molar-refractivity contribution in [1.82, 2.24) is 20.9 Å². The predicted octanol–water partition coefficient (Wildman–Crippen LogP) is 7.24. The van der Waals surface area contributed by atoms with Crippen molar-refractivity contribution in [1.29, 1.82) is 5.41 Å². The third-order valence-electron chi connectivity index (χ3n) is 9.10. The van der Waals surface area contributed by atoms with E-state index in [2.05, 4.69) is 32.8 Å². The fourth-order valence-corrected chi connectivity index (χ4v) is 5.68. The lowest BCUT2D eigenvalue weighted by atomic mass is 9.94. The van der Waals surface area contributed by atoms with Crippen molar-refractivity contribution in [2.75, 3.05) is 32.1 Å². The van der Waals surface area contributed by atoms with Crippen LogP contribution in [0, 0.1) is 17.2 Å². The van der Waals surface area contributed by atoms with Gasteiger partial charge in [-0.15, -0.1) is 0 Å². The zero-order valence-electron chi connectivity index (χ0n) is 36.2. The molecule has 4 rings (SSSR count). The predicted molar refractivity (Wildman–Crippen MR) is 231 cm³/mol. The van der Waals surface area contributed by atoms with Crippen molar-refractivity contribution in [3.05, 3.63) is 83.2 Å². The molecule has 0 saturated heterocycles. The highest BCUT2D eigenvalue weighted by molar-refractivity contribution is 6.11. The Bertz CT molecular complexity index is 2140. The number of esters is 2. The number of alkyl carbamates (subject to hydrolysis) is 2. The van der Waals surface area contributed by atoms with Gasteiger partial charge in [0.25, 0.3) is 11.8 Å². The van der Waals surface area contributed by atoms with Crippen molar-refractivity contribution in [2.45, 2.75) is 85.5 Å². The molecule has 0 aliphatic heterocycles. The van der Waals surface area contributed by atoms with Crippen molar-refractivity contribution >= 4 is 53.5 Å². The van der Waals surface area contributed by atoms with Crippen LogP contribution in [0.25, 0.3) is 17.2 Å². The van der Waals surface area contributed by atoms with E-state index in [0.717, 1.165) is 12.8 Å². The van der Waals surface area contributed by atoms with Crippen LogP contribution < -0.4 is 26.0 Å². The Hall–Kier alpha value is -6.78. The number of nitrogens with one attached hydrogen (secondary N) is 5. The first-order chi connectivity index (χ1) is 29.4. The highest BCUT2D eigenvalue weighted by atomic mass is 16.7. The first kappa shape index (κ1) is 47.9. The molecule has 17 heteroatoms. The molecule has 0 radical (unpaired) electrons. The summed E-state index contributed by atoms with van der Waals surface area (Å²) in [5, 5.41) is 19.1. The SMILES string of the molecule is C=Cc1cc(C(=O)Nc2ccc(C(=N)NC(=O)OCCCCCNC(=O)OC(C)(C)C)cc2)c(-c2ccc(C(=O)NCC3CC3)nc2C(=O)OC(C)OC(=O)C(C)C)cc1OC. The van der Waals surface area contributed by atoms with Gasteiger partial charge in [0.15, 0.2) is 5.69 Å². The summed E-state index contributed by atoms with van der Waals surface area (Å²) in [7, 11) is 1.43. The molecule has 2 aromatic carbocycles. The largest absolute Gasteiger partial charge is 0.496 e. The van der Waals surface area contributed by atoms with Gasteiger partial charge in [0.2, 0.25) is 6.29 Å². The first-order valence-corrected chi connectivity index (χ1v) is 20.4. The molecular formula is C45H56N6O11. The molecule has 1 fully saturated rings. The number of ether oxygens (including phenoxy) is 5. The van der Waals surface area contributed by atoms with Gasteiger partial charge in [0.05, 0.1) is 19.6 Å². The number of pyridine rings is 1. The number of aromatic nitrogens is 1. The number of carbonyl (C=O) groups is 6. The minimum Gasteiger partial charge on any atom is -0.496 e. The van der Waals surface area contributed by atoms with Gasteiger partial charge < -0.3 is 39.6 Å². The number of methoxy groups -OCH3 is 1. The maximum Gasteiger partial charge on any atom is 0.412 e. The van der Waals surface area contributed by atoms with Gasteiger partial charge in [-0.3, -0.25) is 25.1 Å². The average molecular weight is 857 g/mol. The van der Waals surface area contributed by atoms with E-state index in [1.165, 1.54) is 68.6 Å². The standard InChI is InChI=1S/C45H56N6O11/c1-9-29-23-34(39(52)49-31-17-15-30(16-18-31)38(46)51-44(57)59-22-12-10-11-21-47-43(56)62-45(5,6)7)33(24-36(29)58-8)32-19-20-35(40(53)48-25-28-13-14-28)50-37(32)42(55)61-27(4)60-41(54)26(2)3/h9,15-20,23-24,26-28H,1,10-14,21-22,25H2,2-8H3,(H,47,56)(H,48,53)(H,49,52)(H2,46,51,57). The summed E-state index contributed by atoms with van der Waals surface area (Å²) in [6, 6.07) is 12.1. The summed E-state index contributed by atoms with van der Waals surface area (Å²) in [5.41, 5.74) is 0.537. The molecule has 0 bridgehead atoms. The summed E-state index contributed by atoms with van der Waals surface area (Å²) in [6.07, 6.45) is 2.81. The molecular weight excluding hydrogens is 801 g/mol. The van der Waals surface area contributed by atoms with Gasteiger partial charge in [-0.25, -0.2) is 19.4 Å². The number of carbonyl (C=O) groups excluding carboxylic acids is 6. The molecule has 1 aliphatic rings. The van der Waals surface area contributed by atoms with Crippen molar-refractivity contribution in [2.24, 2.45) is 11.8 Å². The minimum absolute atomic E-state index is 0.0659. The normalized spacial score (nSPS) is 12.6. The quantitative estimate of drug-likeness (QED) is 0.0201. The zero-order valence-corrected chi connectivity index (χ0v) is 36.2. The Labute approximate surface area is 361 Å². The van der Waals surface area contributed by atoms with Crippen LogP contribution in [0.3, 0.4) is 0 Å². The molecule has 0 spiro atoms. The Kier molecular flexibility index (Phi) is 17.1. The van der Waals surface area contributed by atoms with Crippen LogP contribution in [-0.4, -0.2) is 85.5 Å². The monoisotopic (exact) mass is 856 g/mol. The summed E-state index contributed by atoms with van der Waals surface area (Å²) in [6.45, 7) is 14.8. The van der Waals surface area contributed by atoms with Gasteiger partial charge in [0.1, 0.15) is 22.9 Å². The zero-order chi connectivity index (χ0) is 45.6. The third-order valence-corrected chi connectivity index (χ3v) is 9.10. The average Bonchev–Trinajstić information content (AvgIpc) is 4.06. The number of amidine groups is 1. The number of nitrogens with zero attached hydrogens (tertiary/aromatic N) is 1. The molecule has 1 saturated carbocycles. The number of hydrogen-bond acceptors (Lipinski definition) is 13. The minimum atomic E-state index is -1.30. The second-order valence-corrected chi connectivity index (χ2v) is 15.8. The van der Waals surface area contributed by atoms with Gasteiger partial charge in [-0.1, -0.05) is 26.5 Å². The molecule has 17 nitrogen and oxygen atoms in total. The molecule has 1 aliphatic carbocycles. The van der Waals surface area contributed by atoms with E-state index in [4.69, 9.17) is 29.1 Å². The summed E-state index contributed by atoms with van der Waals surface area (Å²) < 4.78 is 26.7. The number of benzene rings is 2. The molecule has 332 valence electrons. The Morgan fingerprint density at radius 3 is 2.23 bits per heavy atom. The van der Waals surface area contributed by atoms with Crippen LogP contribution in [0.2, 0.25) is 0 Å². The van der Waals surface area contributed by atoms with Crippen molar-refractivity contribution in [3.8, 4) is 16.9 Å². The van der Waals surface area contributed by atoms with Crippen LogP contribution in [0.5, 0.6) is 5.75 Å². The second-order valence-electron chi connectivity index (χ2n) is 15.8. The summed E-state index contributed by atoms with van der Waals surface area (Å²) in [5.74, 6) is -2.73. The Morgan fingerprint density at radius 1 is 0.887 bits per heavy atom. The number of amides is 4. The lowest BCUT2D eigenvalue weighted by molar-refractivity contribution is -0.169. The number of anilines is 1. The molecule has 1 atom stereocenters. The number of rotatable bonds is 19. The fraction of sp³-hybridized carbons (Fsp3) is 0.422. The molecule has 1 heterocycles.